The molecule has 2 aromatic rings. The van der Waals surface area contributed by atoms with E-state index in [0.717, 1.165) is 24.5 Å². The number of ether oxygens (including phenoxy) is 1. The molecule has 1 atom stereocenters. The SMILES string of the molecule is CC(C)c1ccc(C(=O)NC[C@@H](c2ccccn2)N2CCOCC2)c(=O)n1C. The second-order valence-electron chi connectivity index (χ2n) is 7.32. The van der Waals surface area contributed by atoms with Crippen LogP contribution in [-0.2, 0) is 11.8 Å². The molecular weight excluding hydrogens is 356 g/mol. The highest BCUT2D eigenvalue weighted by molar-refractivity contribution is 5.93. The number of morpholine rings is 1. The Kier molecular flexibility index (Phi) is 6.59. The van der Waals surface area contributed by atoms with E-state index in [1.165, 1.54) is 0 Å². The van der Waals surface area contributed by atoms with Gasteiger partial charge in [0, 0.05) is 38.6 Å². The molecule has 0 aromatic carbocycles. The van der Waals surface area contributed by atoms with Crippen LogP contribution in [0.1, 0.15) is 47.6 Å². The van der Waals surface area contributed by atoms with Crippen molar-refractivity contribution in [2.75, 3.05) is 32.8 Å². The third kappa shape index (κ3) is 4.48. The number of nitrogens with one attached hydrogen (secondary N) is 1. The van der Waals surface area contributed by atoms with E-state index in [1.54, 1.807) is 23.9 Å². The summed E-state index contributed by atoms with van der Waals surface area (Å²) in [5, 5.41) is 2.94. The highest BCUT2D eigenvalue weighted by Gasteiger charge is 2.25. The number of carbonyl (C=O) groups excluding carboxylic acids is 1. The van der Waals surface area contributed by atoms with Gasteiger partial charge in [-0.25, -0.2) is 0 Å². The lowest BCUT2D eigenvalue weighted by Gasteiger charge is -2.34. The zero-order valence-corrected chi connectivity index (χ0v) is 16.7. The molecule has 3 rings (SSSR count). The van der Waals surface area contributed by atoms with Crippen LogP contribution in [0.5, 0.6) is 0 Å². The average Bonchev–Trinajstić information content (AvgIpc) is 2.71. The van der Waals surface area contributed by atoms with Crippen LogP contribution in [0.4, 0.5) is 0 Å². The zero-order valence-electron chi connectivity index (χ0n) is 16.7. The van der Waals surface area contributed by atoms with Gasteiger partial charge >= 0.3 is 0 Å². The van der Waals surface area contributed by atoms with Crippen molar-refractivity contribution >= 4 is 5.91 Å². The summed E-state index contributed by atoms with van der Waals surface area (Å²) < 4.78 is 7.00. The van der Waals surface area contributed by atoms with E-state index in [-0.39, 0.29) is 29.0 Å². The zero-order chi connectivity index (χ0) is 20.1. The van der Waals surface area contributed by atoms with Crippen LogP contribution < -0.4 is 10.9 Å². The highest BCUT2D eigenvalue weighted by atomic mass is 16.5. The van der Waals surface area contributed by atoms with Crippen molar-refractivity contribution < 1.29 is 9.53 Å². The number of hydrogen-bond acceptors (Lipinski definition) is 5. The Morgan fingerprint density at radius 3 is 2.61 bits per heavy atom. The molecule has 0 aliphatic carbocycles. The first-order valence-corrected chi connectivity index (χ1v) is 9.70. The maximum absolute atomic E-state index is 12.7. The first kappa shape index (κ1) is 20.2. The number of rotatable bonds is 6. The monoisotopic (exact) mass is 384 g/mol. The molecule has 7 nitrogen and oxygen atoms in total. The van der Waals surface area contributed by atoms with Crippen LogP contribution in [0.2, 0.25) is 0 Å². The molecule has 0 unspecified atom stereocenters. The number of hydrogen-bond donors (Lipinski definition) is 1. The van der Waals surface area contributed by atoms with Crippen molar-refractivity contribution in [3.8, 4) is 0 Å². The van der Waals surface area contributed by atoms with Gasteiger partial charge in [-0.1, -0.05) is 19.9 Å². The lowest BCUT2D eigenvalue weighted by molar-refractivity contribution is 0.0154. The molecule has 1 N–H and O–H groups in total. The molecule has 150 valence electrons. The summed E-state index contributed by atoms with van der Waals surface area (Å²) in [5.74, 6) is -0.144. The van der Waals surface area contributed by atoms with Gasteiger partial charge in [-0.05, 0) is 30.2 Å². The van der Waals surface area contributed by atoms with Crippen LogP contribution in [-0.4, -0.2) is 53.2 Å². The Morgan fingerprint density at radius 2 is 1.96 bits per heavy atom. The first-order chi connectivity index (χ1) is 13.5. The third-order valence-electron chi connectivity index (χ3n) is 5.15. The van der Waals surface area contributed by atoms with Gasteiger partial charge in [-0.2, -0.15) is 0 Å². The predicted molar refractivity (Wildman–Crippen MR) is 107 cm³/mol. The van der Waals surface area contributed by atoms with Crippen molar-refractivity contribution in [3.63, 3.8) is 0 Å². The summed E-state index contributed by atoms with van der Waals surface area (Å²) in [5.41, 5.74) is 1.69. The van der Waals surface area contributed by atoms with Gasteiger partial charge in [0.1, 0.15) is 5.56 Å². The molecule has 7 heteroatoms. The topological polar surface area (TPSA) is 76.5 Å². The van der Waals surface area contributed by atoms with Gasteiger partial charge in [0.15, 0.2) is 0 Å². The largest absolute Gasteiger partial charge is 0.379 e. The molecule has 28 heavy (non-hydrogen) atoms. The summed E-state index contributed by atoms with van der Waals surface area (Å²) in [6, 6.07) is 9.18. The molecule has 0 spiro atoms. The summed E-state index contributed by atoms with van der Waals surface area (Å²) in [6.07, 6.45) is 1.75. The van der Waals surface area contributed by atoms with E-state index in [4.69, 9.17) is 4.74 Å². The van der Waals surface area contributed by atoms with Gasteiger partial charge in [0.25, 0.3) is 11.5 Å². The molecule has 0 saturated carbocycles. The van der Waals surface area contributed by atoms with E-state index >= 15 is 0 Å². The maximum Gasteiger partial charge on any atom is 0.263 e. The van der Waals surface area contributed by atoms with Gasteiger partial charge in [-0.3, -0.25) is 19.5 Å². The van der Waals surface area contributed by atoms with Gasteiger partial charge < -0.3 is 14.6 Å². The Bertz CT molecular complexity index is 858. The Balaban J connectivity index is 1.77. The molecule has 2 aromatic heterocycles. The van der Waals surface area contributed by atoms with Crippen molar-refractivity contribution in [2.24, 2.45) is 7.05 Å². The lowest BCUT2D eigenvalue weighted by Crippen LogP contribution is -2.44. The molecule has 0 radical (unpaired) electrons. The van der Waals surface area contributed by atoms with E-state index in [9.17, 15) is 9.59 Å². The fraction of sp³-hybridized carbons (Fsp3) is 0.476. The molecule has 1 amide bonds. The minimum atomic E-state index is -0.356. The van der Waals surface area contributed by atoms with Crippen LogP contribution in [0, 0.1) is 0 Å². The van der Waals surface area contributed by atoms with Crippen molar-refractivity contribution in [1.82, 2.24) is 19.8 Å². The summed E-state index contributed by atoms with van der Waals surface area (Å²) >= 11 is 0. The van der Waals surface area contributed by atoms with Crippen LogP contribution in [0.15, 0.2) is 41.3 Å². The molecule has 1 aliphatic heterocycles. The van der Waals surface area contributed by atoms with Crippen molar-refractivity contribution in [3.05, 3.63) is 63.8 Å². The van der Waals surface area contributed by atoms with Crippen LogP contribution in [0.3, 0.4) is 0 Å². The normalized spacial score (nSPS) is 16.1. The Morgan fingerprint density at radius 1 is 1.21 bits per heavy atom. The molecule has 1 aliphatic rings. The van der Waals surface area contributed by atoms with Crippen molar-refractivity contribution in [2.45, 2.75) is 25.8 Å². The smallest absolute Gasteiger partial charge is 0.263 e. The number of nitrogens with zero attached hydrogens (tertiary/aromatic N) is 3. The van der Waals surface area contributed by atoms with E-state index in [0.29, 0.717) is 19.8 Å². The predicted octanol–water partition coefficient (Wildman–Crippen LogP) is 1.71. The quantitative estimate of drug-likeness (QED) is 0.821. The van der Waals surface area contributed by atoms with Crippen LogP contribution >= 0.6 is 0 Å². The van der Waals surface area contributed by atoms with E-state index in [1.807, 2.05) is 38.1 Å². The molecular formula is C21H28N4O3. The van der Waals surface area contributed by atoms with Crippen LogP contribution in [0.25, 0.3) is 0 Å². The number of aromatic nitrogens is 2. The lowest BCUT2D eigenvalue weighted by atomic mass is 10.1. The summed E-state index contributed by atoms with van der Waals surface area (Å²) in [6.45, 7) is 7.31. The second-order valence-corrected chi connectivity index (χ2v) is 7.32. The number of pyridine rings is 2. The fourth-order valence-corrected chi connectivity index (χ4v) is 3.57. The molecule has 0 bridgehead atoms. The third-order valence-corrected chi connectivity index (χ3v) is 5.15. The van der Waals surface area contributed by atoms with E-state index in [2.05, 4.69) is 15.2 Å². The minimum Gasteiger partial charge on any atom is -0.379 e. The van der Waals surface area contributed by atoms with Gasteiger partial charge in [0.05, 0.1) is 24.9 Å². The summed E-state index contributed by atoms with van der Waals surface area (Å²) in [7, 11) is 1.71. The fourth-order valence-electron chi connectivity index (χ4n) is 3.57. The van der Waals surface area contributed by atoms with Gasteiger partial charge in [0.2, 0.25) is 0 Å². The highest BCUT2D eigenvalue weighted by Crippen LogP contribution is 2.19. The summed E-state index contributed by atoms with van der Waals surface area (Å²) in [4.78, 5) is 32.1. The minimum absolute atomic E-state index is 0.0622. The van der Waals surface area contributed by atoms with Gasteiger partial charge in [-0.15, -0.1) is 0 Å². The molecule has 3 heterocycles. The Labute approximate surface area is 165 Å². The molecule has 1 saturated heterocycles. The number of amides is 1. The second kappa shape index (κ2) is 9.12. The Hall–Kier alpha value is -2.51. The molecule has 1 fully saturated rings. The van der Waals surface area contributed by atoms with E-state index < -0.39 is 0 Å². The maximum atomic E-state index is 12.7. The number of carbonyl (C=O) groups is 1. The standard InChI is InChI=1S/C21H28N4O3/c1-15(2)18-8-7-16(21(27)24(18)3)20(26)23-14-19(17-6-4-5-9-22-17)25-10-12-28-13-11-25/h4-9,15,19H,10-14H2,1-3H3,(H,23,26)/t19-/m0/s1. The first-order valence-electron chi connectivity index (χ1n) is 9.70. The average molecular weight is 384 g/mol. The van der Waals surface area contributed by atoms with Crippen molar-refractivity contribution in [1.29, 1.82) is 0 Å².